The molecule has 0 spiro atoms. The van der Waals surface area contributed by atoms with E-state index in [9.17, 15) is 19.5 Å². The Morgan fingerprint density at radius 3 is 2.64 bits per heavy atom. The van der Waals surface area contributed by atoms with Crippen LogP contribution in [0.4, 0.5) is 4.79 Å². The van der Waals surface area contributed by atoms with Crippen LogP contribution in [0.2, 0.25) is 0 Å². The van der Waals surface area contributed by atoms with Crippen LogP contribution in [0, 0.1) is 0 Å². The van der Waals surface area contributed by atoms with Crippen molar-refractivity contribution in [3.63, 3.8) is 0 Å². The van der Waals surface area contributed by atoms with Crippen molar-refractivity contribution in [1.29, 1.82) is 0 Å². The minimum Gasteiger partial charge on any atom is -0.480 e. The molecule has 1 aromatic rings. The largest absolute Gasteiger partial charge is 0.480 e. The molecule has 1 aliphatic rings. The molecular formula is C18H25N3O4. The predicted molar refractivity (Wildman–Crippen MR) is 92.9 cm³/mol. The fraction of sp³-hybridized carbons (Fsp3) is 0.500. The van der Waals surface area contributed by atoms with Crippen LogP contribution in [0.1, 0.15) is 31.2 Å². The third-order valence-corrected chi connectivity index (χ3v) is 4.33. The van der Waals surface area contributed by atoms with Crippen LogP contribution in [-0.4, -0.2) is 59.0 Å². The molecule has 25 heavy (non-hydrogen) atoms. The van der Waals surface area contributed by atoms with E-state index in [1.165, 1.54) is 4.90 Å². The van der Waals surface area contributed by atoms with Gasteiger partial charge in [0.25, 0.3) is 0 Å². The van der Waals surface area contributed by atoms with Crippen molar-refractivity contribution in [2.24, 2.45) is 0 Å². The van der Waals surface area contributed by atoms with E-state index < -0.39 is 12.0 Å². The van der Waals surface area contributed by atoms with Crippen LogP contribution in [-0.2, 0) is 16.1 Å². The highest BCUT2D eigenvalue weighted by molar-refractivity contribution is 5.84. The number of carbonyl (C=O) groups is 3. The molecule has 7 nitrogen and oxygen atoms in total. The minimum atomic E-state index is -0.959. The van der Waals surface area contributed by atoms with Crippen LogP contribution < -0.4 is 5.32 Å². The maximum atomic E-state index is 12.3. The standard InChI is InChI=1S/C18H25N3O4/c1-20(13-14-7-3-2-4-8-14)18(25)19-11-10-16(22)21-12-6-5-9-15(21)17(23)24/h2-4,7-8,15H,5-6,9-13H2,1H3,(H,19,25)(H,23,24). The van der Waals surface area contributed by atoms with Crippen molar-refractivity contribution in [3.05, 3.63) is 35.9 Å². The fourth-order valence-electron chi connectivity index (χ4n) is 2.97. The van der Waals surface area contributed by atoms with Crippen molar-refractivity contribution in [1.82, 2.24) is 15.1 Å². The monoisotopic (exact) mass is 347 g/mol. The Morgan fingerprint density at radius 1 is 1.24 bits per heavy atom. The van der Waals surface area contributed by atoms with Crippen molar-refractivity contribution >= 4 is 17.9 Å². The Balaban J connectivity index is 1.76. The molecule has 0 bridgehead atoms. The van der Waals surface area contributed by atoms with Gasteiger partial charge in [-0.15, -0.1) is 0 Å². The zero-order valence-electron chi connectivity index (χ0n) is 14.5. The van der Waals surface area contributed by atoms with Crippen molar-refractivity contribution in [2.75, 3.05) is 20.1 Å². The first-order valence-electron chi connectivity index (χ1n) is 8.54. The van der Waals surface area contributed by atoms with Gasteiger partial charge in [0.15, 0.2) is 0 Å². The van der Waals surface area contributed by atoms with Gasteiger partial charge in [-0.05, 0) is 24.8 Å². The summed E-state index contributed by atoms with van der Waals surface area (Å²) >= 11 is 0. The molecule has 2 N–H and O–H groups in total. The maximum absolute atomic E-state index is 12.3. The van der Waals surface area contributed by atoms with E-state index in [4.69, 9.17) is 0 Å². The molecule has 0 aromatic heterocycles. The van der Waals surface area contributed by atoms with Gasteiger partial charge in [-0.3, -0.25) is 4.79 Å². The van der Waals surface area contributed by atoms with Crippen LogP contribution in [0.15, 0.2) is 30.3 Å². The molecule has 0 saturated carbocycles. The number of carboxylic acids is 1. The average Bonchev–Trinajstić information content (AvgIpc) is 2.62. The molecule has 7 heteroatoms. The zero-order valence-corrected chi connectivity index (χ0v) is 14.5. The third-order valence-electron chi connectivity index (χ3n) is 4.33. The van der Waals surface area contributed by atoms with Gasteiger partial charge in [0.05, 0.1) is 0 Å². The molecule has 136 valence electrons. The van der Waals surface area contributed by atoms with E-state index in [0.29, 0.717) is 19.5 Å². The summed E-state index contributed by atoms with van der Waals surface area (Å²) in [7, 11) is 1.69. The number of piperidine rings is 1. The number of carbonyl (C=O) groups excluding carboxylic acids is 2. The number of likely N-dealkylation sites (tertiary alicyclic amines) is 1. The Bertz CT molecular complexity index is 606. The highest BCUT2D eigenvalue weighted by atomic mass is 16.4. The van der Waals surface area contributed by atoms with Crippen LogP contribution >= 0.6 is 0 Å². The van der Waals surface area contributed by atoms with E-state index in [-0.39, 0.29) is 24.9 Å². The van der Waals surface area contributed by atoms with Gasteiger partial charge in [-0.2, -0.15) is 0 Å². The van der Waals surface area contributed by atoms with E-state index in [0.717, 1.165) is 18.4 Å². The maximum Gasteiger partial charge on any atom is 0.326 e. The summed E-state index contributed by atoms with van der Waals surface area (Å²) in [4.78, 5) is 38.5. The average molecular weight is 347 g/mol. The van der Waals surface area contributed by atoms with Gasteiger partial charge < -0.3 is 20.2 Å². The fourth-order valence-corrected chi connectivity index (χ4v) is 2.97. The Morgan fingerprint density at radius 2 is 1.96 bits per heavy atom. The topological polar surface area (TPSA) is 90.0 Å². The lowest BCUT2D eigenvalue weighted by Gasteiger charge is -2.33. The number of urea groups is 1. The first-order valence-corrected chi connectivity index (χ1v) is 8.54. The summed E-state index contributed by atoms with van der Waals surface area (Å²) in [5.74, 6) is -1.18. The van der Waals surface area contributed by atoms with Crippen LogP contribution in [0.25, 0.3) is 0 Å². The molecule has 0 aliphatic carbocycles. The second-order valence-electron chi connectivity index (χ2n) is 6.26. The highest BCUT2D eigenvalue weighted by Gasteiger charge is 2.31. The van der Waals surface area contributed by atoms with Crippen LogP contribution in [0.5, 0.6) is 0 Å². The number of nitrogens with zero attached hydrogens (tertiary/aromatic N) is 2. The van der Waals surface area contributed by atoms with Crippen LogP contribution in [0.3, 0.4) is 0 Å². The Kier molecular flexibility index (Phi) is 6.80. The number of nitrogens with one attached hydrogen (secondary N) is 1. The molecule has 1 heterocycles. The Labute approximate surface area is 147 Å². The van der Waals surface area contributed by atoms with E-state index in [1.807, 2.05) is 30.3 Å². The quantitative estimate of drug-likeness (QED) is 0.819. The summed E-state index contributed by atoms with van der Waals surface area (Å²) < 4.78 is 0. The van der Waals surface area contributed by atoms with Gasteiger partial charge in [-0.1, -0.05) is 30.3 Å². The number of carboxylic acid groups (broad SMARTS) is 1. The summed E-state index contributed by atoms with van der Waals surface area (Å²) in [5.41, 5.74) is 1.02. The highest BCUT2D eigenvalue weighted by Crippen LogP contribution is 2.18. The molecule has 3 amide bonds. The van der Waals surface area contributed by atoms with E-state index >= 15 is 0 Å². The lowest BCUT2D eigenvalue weighted by Crippen LogP contribution is -2.49. The third kappa shape index (κ3) is 5.48. The first-order chi connectivity index (χ1) is 12.0. The van der Waals surface area contributed by atoms with Gasteiger partial charge in [0, 0.05) is 33.1 Å². The molecule has 0 radical (unpaired) electrons. The Hall–Kier alpha value is -2.57. The number of amides is 3. The summed E-state index contributed by atoms with van der Waals surface area (Å²) in [6.07, 6.45) is 2.24. The molecule has 2 rings (SSSR count). The van der Waals surface area contributed by atoms with Crippen molar-refractivity contribution in [3.8, 4) is 0 Å². The number of rotatable bonds is 6. The van der Waals surface area contributed by atoms with Gasteiger partial charge in [-0.25, -0.2) is 9.59 Å². The van der Waals surface area contributed by atoms with Gasteiger partial charge in [0.2, 0.25) is 5.91 Å². The molecule has 1 aliphatic heterocycles. The van der Waals surface area contributed by atoms with Gasteiger partial charge in [0.1, 0.15) is 6.04 Å². The molecule has 1 atom stereocenters. The summed E-state index contributed by atoms with van der Waals surface area (Å²) in [6, 6.07) is 8.63. The first kappa shape index (κ1) is 18.8. The SMILES string of the molecule is CN(Cc1ccccc1)C(=O)NCCC(=O)N1CCCCC1C(=O)O. The van der Waals surface area contributed by atoms with E-state index in [1.54, 1.807) is 11.9 Å². The number of hydrogen-bond donors (Lipinski definition) is 2. The van der Waals surface area contributed by atoms with Crippen molar-refractivity contribution in [2.45, 2.75) is 38.3 Å². The normalized spacial score (nSPS) is 17.0. The lowest BCUT2D eigenvalue weighted by molar-refractivity contribution is -0.152. The summed E-state index contributed by atoms with van der Waals surface area (Å²) in [6.45, 7) is 1.14. The number of hydrogen-bond acceptors (Lipinski definition) is 3. The predicted octanol–water partition coefficient (Wildman–Crippen LogP) is 1.68. The lowest BCUT2D eigenvalue weighted by atomic mass is 10.0. The molecule has 1 fully saturated rings. The smallest absolute Gasteiger partial charge is 0.326 e. The summed E-state index contributed by atoms with van der Waals surface area (Å²) in [5, 5.41) is 11.9. The molecule has 1 unspecified atom stereocenters. The van der Waals surface area contributed by atoms with Crippen molar-refractivity contribution < 1.29 is 19.5 Å². The molecular weight excluding hydrogens is 322 g/mol. The second kappa shape index (κ2) is 9.05. The van der Waals surface area contributed by atoms with E-state index in [2.05, 4.69) is 5.32 Å². The number of aliphatic carboxylic acids is 1. The second-order valence-corrected chi connectivity index (χ2v) is 6.26. The molecule has 1 saturated heterocycles. The molecule has 1 aromatic carbocycles. The van der Waals surface area contributed by atoms with Gasteiger partial charge >= 0.3 is 12.0 Å². The minimum absolute atomic E-state index is 0.106. The number of benzene rings is 1. The zero-order chi connectivity index (χ0) is 18.2.